The van der Waals surface area contributed by atoms with E-state index in [0.29, 0.717) is 18.8 Å². The van der Waals surface area contributed by atoms with Gasteiger partial charge in [-0.05, 0) is 42.5 Å². The highest BCUT2D eigenvalue weighted by atomic mass is 16.6. The minimum atomic E-state index is -0.757. The number of ether oxygens (including phenoxy) is 1. The van der Waals surface area contributed by atoms with Gasteiger partial charge in [0.05, 0.1) is 10.5 Å². The van der Waals surface area contributed by atoms with Crippen molar-refractivity contribution < 1.29 is 19.2 Å². The number of nitro groups is 1. The summed E-state index contributed by atoms with van der Waals surface area (Å²) in [5.41, 5.74) is 2.58. The Morgan fingerprint density at radius 2 is 1.94 bits per heavy atom. The number of benzene rings is 2. The summed E-state index contributed by atoms with van der Waals surface area (Å²) >= 11 is 0. The molecular weight excluding hydrogens is 398 g/mol. The first-order valence-corrected chi connectivity index (χ1v) is 10.3. The molecular formula is C23H23N3O5. The van der Waals surface area contributed by atoms with E-state index in [1.54, 1.807) is 4.90 Å². The molecule has 2 aromatic carbocycles. The van der Waals surface area contributed by atoms with Crippen molar-refractivity contribution in [2.45, 2.75) is 25.3 Å². The van der Waals surface area contributed by atoms with Gasteiger partial charge in [-0.15, -0.1) is 0 Å². The van der Waals surface area contributed by atoms with Gasteiger partial charge < -0.3 is 15.0 Å². The number of amides is 1. The van der Waals surface area contributed by atoms with Crippen molar-refractivity contribution in [1.82, 2.24) is 4.90 Å². The van der Waals surface area contributed by atoms with Gasteiger partial charge in [-0.2, -0.15) is 0 Å². The molecule has 1 N–H and O–H groups in total. The lowest BCUT2D eigenvalue weighted by Gasteiger charge is -2.26. The monoisotopic (exact) mass is 421 g/mol. The number of nitro benzene ring substituents is 1. The lowest BCUT2D eigenvalue weighted by atomic mass is 10.00. The quantitative estimate of drug-likeness (QED) is 0.416. The van der Waals surface area contributed by atoms with Crippen LogP contribution >= 0.6 is 0 Å². The molecule has 8 nitrogen and oxygen atoms in total. The van der Waals surface area contributed by atoms with Crippen molar-refractivity contribution in [2.24, 2.45) is 0 Å². The first-order chi connectivity index (χ1) is 15.0. The molecule has 4 rings (SSSR count). The molecule has 0 atom stereocenters. The van der Waals surface area contributed by atoms with Crippen LogP contribution in [0.4, 0.5) is 11.4 Å². The van der Waals surface area contributed by atoms with Crippen LogP contribution in [0.15, 0.2) is 54.6 Å². The minimum Gasteiger partial charge on any atom is -0.452 e. The highest BCUT2D eigenvalue weighted by Gasteiger charge is 2.26. The Labute approximate surface area is 179 Å². The Balaban J connectivity index is 1.33. The van der Waals surface area contributed by atoms with E-state index >= 15 is 0 Å². The number of esters is 1. The van der Waals surface area contributed by atoms with E-state index in [9.17, 15) is 19.7 Å². The summed E-state index contributed by atoms with van der Waals surface area (Å²) < 4.78 is 5.13. The number of hydrogen-bond acceptors (Lipinski definition) is 6. The Bertz CT molecular complexity index is 1030. The van der Waals surface area contributed by atoms with Gasteiger partial charge >= 0.3 is 5.97 Å². The summed E-state index contributed by atoms with van der Waals surface area (Å²) in [6.45, 7) is 0.598. The molecule has 0 unspecified atom stereocenters. The molecule has 2 aromatic rings. The van der Waals surface area contributed by atoms with Crippen LogP contribution in [-0.4, -0.2) is 47.4 Å². The summed E-state index contributed by atoms with van der Waals surface area (Å²) in [5, 5.41) is 14.4. The second kappa shape index (κ2) is 8.99. The molecule has 8 heteroatoms. The molecule has 1 aliphatic heterocycles. The van der Waals surface area contributed by atoms with E-state index in [1.807, 2.05) is 36.4 Å². The van der Waals surface area contributed by atoms with Crippen molar-refractivity contribution in [3.05, 3.63) is 75.8 Å². The molecule has 2 aliphatic rings. The van der Waals surface area contributed by atoms with E-state index in [2.05, 4.69) is 5.32 Å². The number of carbonyl (C=O) groups is 2. The molecule has 0 saturated heterocycles. The van der Waals surface area contributed by atoms with E-state index < -0.39 is 17.5 Å². The summed E-state index contributed by atoms with van der Waals surface area (Å²) in [5.74, 6) is -1.05. The van der Waals surface area contributed by atoms with Gasteiger partial charge in [0, 0.05) is 25.2 Å². The van der Waals surface area contributed by atoms with Gasteiger partial charge in [-0.1, -0.05) is 36.4 Å². The number of anilines is 1. The number of carbonyl (C=O) groups excluding carboxylic acids is 2. The standard InChI is InChI=1S/C23H23N3O5/c27-22(25-12-10-17(11-13-25)16-4-2-1-3-5-16)15-31-23(28)18-6-9-20(24-19-7-8-19)21(14-18)26(29)30/h1-6,9-10,14,19,24H,7-8,11-13,15H2. The van der Waals surface area contributed by atoms with Gasteiger partial charge in [0.2, 0.25) is 0 Å². The maximum Gasteiger partial charge on any atom is 0.338 e. The fraction of sp³-hybridized carbons (Fsp3) is 0.304. The second-order valence-electron chi connectivity index (χ2n) is 7.67. The third kappa shape index (κ3) is 5.09. The Kier molecular flexibility index (Phi) is 5.97. The fourth-order valence-electron chi connectivity index (χ4n) is 3.49. The van der Waals surface area contributed by atoms with Crippen LogP contribution in [-0.2, 0) is 9.53 Å². The Hall–Kier alpha value is -3.68. The Morgan fingerprint density at radius 1 is 1.16 bits per heavy atom. The van der Waals surface area contributed by atoms with Gasteiger partial charge in [-0.3, -0.25) is 14.9 Å². The van der Waals surface area contributed by atoms with Crippen LogP contribution in [0.3, 0.4) is 0 Å². The number of rotatable bonds is 7. The zero-order valence-corrected chi connectivity index (χ0v) is 17.0. The van der Waals surface area contributed by atoms with E-state index in [0.717, 1.165) is 24.8 Å². The molecule has 1 heterocycles. The lowest BCUT2D eigenvalue weighted by Crippen LogP contribution is -2.37. The predicted molar refractivity (Wildman–Crippen MR) is 116 cm³/mol. The average Bonchev–Trinajstić information content (AvgIpc) is 3.62. The molecule has 1 saturated carbocycles. The average molecular weight is 421 g/mol. The van der Waals surface area contributed by atoms with Crippen molar-refractivity contribution in [3.8, 4) is 0 Å². The van der Waals surface area contributed by atoms with Crippen LogP contribution in [0.25, 0.3) is 5.57 Å². The van der Waals surface area contributed by atoms with Gasteiger partial charge in [-0.25, -0.2) is 4.79 Å². The molecule has 0 aromatic heterocycles. The fourth-order valence-corrected chi connectivity index (χ4v) is 3.49. The number of nitrogens with zero attached hydrogens (tertiary/aromatic N) is 2. The van der Waals surface area contributed by atoms with Crippen LogP contribution < -0.4 is 5.32 Å². The van der Waals surface area contributed by atoms with E-state index in [4.69, 9.17) is 4.74 Å². The molecule has 31 heavy (non-hydrogen) atoms. The van der Waals surface area contributed by atoms with E-state index in [-0.39, 0.29) is 23.2 Å². The molecule has 0 spiro atoms. The van der Waals surface area contributed by atoms with Crippen molar-refractivity contribution in [3.63, 3.8) is 0 Å². The molecule has 0 radical (unpaired) electrons. The van der Waals surface area contributed by atoms with E-state index in [1.165, 1.54) is 23.8 Å². The second-order valence-corrected chi connectivity index (χ2v) is 7.67. The van der Waals surface area contributed by atoms with Crippen LogP contribution in [0.5, 0.6) is 0 Å². The summed E-state index contributed by atoms with van der Waals surface area (Å²) in [4.78, 5) is 37.2. The van der Waals surface area contributed by atoms with Crippen molar-refractivity contribution in [2.75, 3.05) is 25.0 Å². The molecule has 1 aliphatic carbocycles. The highest BCUT2D eigenvalue weighted by Crippen LogP contribution is 2.31. The van der Waals surface area contributed by atoms with Gasteiger partial charge in [0.1, 0.15) is 5.69 Å². The largest absolute Gasteiger partial charge is 0.452 e. The first-order valence-electron chi connectivity index (χ1n) is 10.3. The van der Waals surface area contributed by atoms with Crippen molar-refractivity contribution >= 4 is 28.8 Å². The number of nitrogens with one attached hydrogen (secondary N) is 1. The summed E-state index contributed by atoms with van der Waals surface area (Å²) in [6, 6.07) is 14.4. The zero-order chi connectivity index (χ0) is 21.8. The third-order valence-electron chi connectivity index (χ3n) is 5.40. The summed E-state index contributed by atoms with van der Waals surface area (Å²) in [6.07, 6.45) is 4.68. The SMILES string of the molecule is O=C(OCC(=O)N1CC=C(c2ccccc2)CC1)c1ccc(NC2CC2)c([N+](=O)[O-])c1. The highest BCUT2D eigenvalue weighted by molar-refractivity contribution is 5.93. The third-order valence-corrected chi connectivity index (χ3v) is 5.40. The zero-order valence-electron chi connectivity index (χ0n) is 17.0. The topological polar surface area (TPSA) is 102 Å². The minimum absolute atomic E-state index is 0.0470. The van der Waals surface area contributed by atoms with Gasteiger partial charge in [0.15, 0.2) is 6.61 Å². The van der Waals surface area contributed by atoms with Crippen molar-refractivity contribution in [1.29, 1.82) is 0 Å². The predicted octanol–water partition coefficient (Wildman–Crippen LogP) is 3.64. The smallest absolute Gasteiger partial charge is 0.338 e. The maximum atomic E-state index is 12.4. The number of hydrogen-bond donors (Lipinski definition) is 1. The van der Waals surface area contributed by atoms with Gasteiger partial charge in [0.25, 0.3) is 11.6 Å². The molecule has 0 bridgehead atoms. The maximum absolute atomic E-state index is 12.4. The summed E-state index contributed by atoms with van der Waals surface area (Å²) in [7, 11) is 0. The normalized spacial score (nSPS) is 15.7. The lowest BCUT2D eigenvalue weighted by molar-refractivity contribution is -0.384. The van der Waals surface area contributed by atoms with Crippen LogP contribution in [0, 0.1) is 10.1 Å². The molecule has 1 fully saturated rings. The first kappa shape index (κ1) is 20.6. The van der Waals surface area contributed by atoms with Crippen LogP contribution in [0.2, 0.25) is 0 Å². The Morgan fingerprint density at radius 3 is 2.58 bits per heavy atom. The molecule has 1 amide bonds. The van der Waals surface area contributed by atoms with Crippen LogP contribution in [0.1, 0.15) is 35.2 Å². The molecule has 160 valence electrons.